The second kappa shape index (κ2) is 1.86. The Balaban J connectivity index is 2.92. The monoisotopic (exact) mass is 110 g/mol. The molecule has 0 spiro atoms. The highest BCUT2D eigenvalue weighted by Crippen LogP contribution is 1.95. The third kappa shape index (κ3) is 0.665. The lowest BCUT2D eigenvalue weighted by Crippen LogP contribution is -1.99. The zero-order valence-corrected chi connectivity index (χ0v) is 4.54. The maximum absolute atomic E-state index is 5.36. The predicted octanol–water partition coefficient (Wildman–Crippen LogP) is 0.299. The summed E-state index contributed by atoms with van der Waals surface area (Å²) in [6.45, 7) is 4.28. The molecule has 3 nitrogen and oxygen atoms in total. The standard InChI is InChI=1S/C5H8N3/c1-2-8-4-3-7-5(8)6/h3-4H,1-2H2,(H2,6,7). The summed E-state index contributed by atoms with van der Waals surface area (Å²) in [6, 6.07) is 0. The lowest BCUT2D eigenvalue weighted by molar-refractivity contribution is 0.832. The molecule has 1 aromatic heterocycles. The smallest absolute Gasteiger partial charge is 0.200 e. The van der Waals surface area contributed by atoms with Gasteiger partial charge in [-0.2, -0.15) is 0 Å². The minimum atomic E-state index is 0.528. The Bertz CT molecular complexity index is 168. The van der Waals surface area contributed by atoms with Gasteiger partial charge in [-0.3, -0.25) is 0 Å². The summed E-state index contributed by atoms with van der Waals surface area (Å²) < 4.78 is 1.76. The average molecular weight is 110 g/mol. The molecule has 2 N–H and O–H groups in total. The molecule has 1 rings (SSSR count). The summed E-state index contributed by atoms with van der Waals surface area (Å²) in [7, 11) is 0. The van der Waals surface area contributed by atoms with E-state index in [9.17, 15) is 0 Å². The average Bonchev–Trinajstić information content (AvgIpc) is 2.14. The van der Waals surface area contributed by atoms with Crippen LogP contribution in [-0.2, 0) is 6.54 Å². The van der Waals surface area contributed by atoms with Gasteiger partial charge in [-0.25, -0.2) is 4.98 Å². The van der Waals surface area contributed by atoms with Gasteiger partial charge >= 0.3 is 0 Å². The Morgan fingerprint density at radius 1 is 1.88 bits per heavy atom. The number of hydrogen-bond acceptors (Lipinski definition) is 2. The van der Waals surface area contributed by atoms with Crippen LogP contribution in [0.2, 0.25) is 0 Å². The normalized spacial score (nSPS) is 9.62. The molecule has 43 valence electrons. The highest BCUT2D eigenvalue weighted by Gasteiger charge is 1.89. The van der Waals surface area contributed by atoms with Crippen LogP contribution in [-0.4, -0.2) is 9.55 Å². The van der Waals surface area contributed by atoms with Crippen molar-refractivity contribution in [2.75, 3.05) is 5.73 Å². The molecular weight excluding hydrogens is 102 g/mol. The van der Waals surface area contributed by atoms with E-state index < -0.39 is 0 Å². The lowest BCUT2D eigenvalue weighted by atomic mass is 10.7. The third-order valence-electron chi connectivity index (χ3n) is 0.989. The minimum absolute atomic E-state index is 0.528. The fourth-order valence-electron chi connectivity index (χ4n) is 0.530. The minimum Gasteiger partial charge on any atom is -0.369 e. The van der Waals surface area contributed by atoms with E-state index in [1.54, 1.807) is 17.0 Å². The van der Waals surface area contributed by atoms with Crippen LogP contribution >= 0.6 is 0 Å². The first-order valence-corrected chi connectivity index (χ1v) is 2.40. The van der Waals surface area contributed by atoms with E-state index in [0.29, 0.717) is 12.5 Å². The van der Waals surface area contributed by atoms with Crippen molar-refractivity contribution >= 4 is 5.95 Å². The van der Waals surface area contributed by atoms with Crippen LogP contribution in [0.5, 0.6) is 0 Å². The third-order valence-corrected chi connectivity index (χ3v) is 0.989. The first-order valence-electron chi connectivity index (χ1n) is 2.40. The number of nitrogens with zero attached hydrogens (tertiary/aromatic N) is 2. The van der Waals surface area contributed by atoms with Gasteiger partial charge in [-0.15, -0.1) is 0 Å². The number of anilines is 1. The quantitative estimate of drug-likeness (QED) is 0.565. The van der Waals surface area contributed by atoms with Crippen LogP contribution in [0, 0.1) is 6.92 Å². The molecule has 0 aliphatic rings. The molecule has 0 saturated carbocycles. The van der Waals surface area contributed by atoms with Crippen LogP contribution in [0.3, 0.4) is 0 Å². The highest BCUT2D eigenvalue weighted by atomic mass is 15.1. The van der Waals surface area contributed by atoms with Gasteiger partial charge in [-0.1, -0.05) is 0 Å². The Hall–Kier alpha value is -0.990. The van der Waals surface area contributed by atoms with E-state index in [1.165, 1.54) is 0 Å². The molecule has 1 heterocycles. The number of nitrogen functional groups attached to an aromatic ring is 1. The molecule has 0 amide bonds. The molecule has 0 fully saturated rings. The van der Waals surface area contributed by atoms with E-state index >= 15 is 0 Å². The summed E-state index contributed by atoms with van der Waals surface area (Å²) in [5.74, 6) is 0.528. The van der Waals surface area contributed by atoms with Gasteiger partial charge in [0.2, 0.25) is 0 Å². The second-order valence-electron chi connectivity index (χ2n) is 1.48. The predicted molar refractivity (Wildman–Crippen MR) is 32.0 cm³/mol. The van der Waals surface area contributed by atoms with Gasteiger partial charge in [0, 0.05) is 18.9 Å². The van der Waals surface area contributed by atoms with Crippen molar-refractivity contribution in [3.8, 4) is 0 Å². The molecule has 0 bridgehead atoms. The number of imidazole rings is 1. The van der Waals surface area contributed by atoms with Crippen LogP contribution < -0.4 is 5.73 Å². The Morgan fingerprint density at radius 3 is 2.88 bits per heavy atom. The van der Waals surface area contributed by atoms with Crippen molar-refractivity contribution in [3.63, 3.8) is 0 Å². The second-order valence-corrected chi connectivity index (χ2v) is 1.48. The topological polar surface area (TPSA) is 43.8 Å². The van der Waals surface area contributed by atoms with Crippen molar-refractivity contribution in [2.24, 2.45) is 0 Å². The van der Waals surface area contributed by atoms with Gasteiger partial charge < -0.3 is 10.3 Å². The van der Waals surface area contributed by atoms with E-state index in [4.69, 9.17) is 5.73 Å². The summed E-state index contributed by atoms with van der Waals surface area (Å²) in [6.07, 6.45) is 3.45. The van der Waals surface area contributed by atoms with Crippen LogP contribution in [0.15, 0.2) is 12.4 Å². The summed E-state index contributed by atoms with van der Waals surface area (Å²) in [5, 5.41) is 0. The van der Waals surface area contributed by atoms with Gasteiger partial charge in [-0.05, 0) is 6.92 Å². The molecule has 3 heteroatoms. The number of aromatic nitrogens is 2. The molecule has 0 atom stereocenters. The molecule has 0 unspecified atom stereocenters. The fourth-order valence-corrected chi connectivity index (χ4v) is 0.530. The molecule has 1 aromatic rings. The van der Waals surface area contributed by atoms with Crippen molar-refractivity contribution in [2.45, 2.75) is 6.54 Å². The molecule has 0 aliphatic carbocycles. The molecule has 0 saturated heterocycles. The molecule has 0 aliphatic heterocycles. The zero-order chi connectivity index (χ0) is 5.98. The first-order chi connectivity index (χ1) is 3.84. The van der Waals surface area contributed by atoms with E-state index in [0.717, 1.165) is 0 Å². The molecule has 1 radical (unpaired) electrons. The Kier molecular flexibility index (Phi) is 1.20. The van der Waals surface area contributed by atoms with Gasteiger partial charge in [0.15, 0.2) is 5.95 Å². The summed E-state index contributed by atoms with van der Waals surface area (Å²) >= 11 is 0. The SMILES string of the molecule is [CH2]Cn1ccnc1N. The van der Waals surface area contributed by atoms with Gasteiger partial charge in [0.05, 0.1) is 0 Å². The summed E-state index contributed by atoms with van der Waals surface area (Å²) in [5.41, 5.74) is 5.36. The number of rotatable bonds is 1. The van der Waals surface area contributed by atoms with Crippen molar-refractivity contribution in [1.82, 2.24) is 9.55 Å². The molecule has 0 aromatic carbocycles. The van der Waals surface area contributed by atoms with E-state index in [2.05, 4.69) is 11.9 Å². The number of hydrogen-bond donors (Lipinski definition) is 1. The van der Waals surface area contributed by atoms with Crippen LogP contribution in [0.1, 0.15) is 0 Å². The maximum atomic E-state index is 5.36. The molecule has 8 heavy (non-hydrogen) atoms. The summed E-state index contributed by atoms with van der Waals surface area (Å²) in [4.78, 5) is 3.79. The fraction of sp³-hybridized carbons (Fsp3) is 0.200. The van der Waals surface area contributed by atoms with Crippen molar-refractivity contribution < 1.29 is 0 Å². The highest BCUT2D eigenvalue weighted by molar-refractivity contribution is 5.16. The number of nitrogens with two attached hydrogens (primary N) is 1. The Morgan fingerprint density at radius 2 is 2.62 bits per heavy atom. The lowest BCUT2D eigenvalue weighted by Gasteiger charge is -1.94. The van der Waals surface area contributed by atoms with Gasteiger partial charge in [0.1, 0.15) is 0 Å². The maximum Gasteiger partial charge on any atom is 0.200 e. The largest absolute Gasteiger partial charge is 0.369 e. The van der Waals surface area contributed by atoms with E-state index in [-0.39, 0.29) is 0 Å². The Labute approximate surface area is 48.1 Å². The zero-order valence-electron chi connectivity index (χ0n) is 4.54. The van der Waals surface area contributed by atoms with Crippen LogP contribution in [0.4, 0.5) is 5.95 Å². The van der Waals surface area contributed by atoms with Gasteiger partial charge in [0.25, 0.3) is 0 Å². The first kappa shape index (κ1) is 5.15. The van der Waals surface area contributed by atoms with Crippen LogP contribution in [0.25, 0.3) is 0 Å². The van der Waals surface area contributed by atoms with E-state index in [1.807, 2.05) is 0 Å². The van der Waals surface area contributed by atoms with Crippen molar-refractivity contribution in [1.29, 1.82) is 0 Å². The molecular formula is C5H8N3. The van der Waals surface area contributed by atoms with Crippen molar-refractivity contribution in [3.05, 3.63) is 19.3 Å².